The fourth-order valence-electron chi connectivity index (χ4n) is 0.370. The number of halogens is 2. The zero-order chi connectivity index (χ0) is 5.98. The van der Waals surface area contributed by atoms with Gasteiger partial charge in [0.15, 0.2) is 5.13 Å². The molecule has 0 fully saturated rings. The second-order valence-corrected chi connectivity index (χ2v) is 3.63. The fraction of sp³-hybridized carbons (Fsp3) is 0.250. The van der Waals surface area contributed by atoms with Crippen molar-refractivity contribution in [3.63, 3.8) is 0 Å². The van der Waals surface area contributed by atoms with Gasteiger partial charge in [0, 0.05) is 7.05 Å². The van der Waals surface area contributed by atoms with E-state index in [0.29, 0.717) is 0 Å². The van der Waals surface area contributed by atoms with E-state index in [2.05, 4.69) is 26.2 Å². The Balaban J connectivity index is 0.000000640. The minimum Gasteiger partial charge on any atom is -0.365 e. The summed E-state index contributed by atoms with van der Waals surface area (Å²) >= 11 is 4.87. The van der Waals surface area contributed by atoms with Crippen LogP contribution in [0.3, 0.4) is 0 Å². The van der Waals surface area contributed by atoms with Gasteiger partial charge in [-0.25, -0.2) is 4.98 Å². The van der Waals surface area contributed by atoms with Crippen LogP contribution in [0.5, 0.6) is 0 Å². The molecule has 0 radical (unpaired) electrons. The van der Waals surface area contributed by atoms with Crippen molar-refractivity contribution in [3.05, 3.63) is 9.98 Å². The lowest BCUT2D eigenvalue weighted by Crippen LogP contribution is -1.83. The third-order valence-electron chi connectivity index (χ3n) is 0.691. The van der Waals surface area contributed by atoms with Crippen molar-refractivity contribution >= 4 is 49.4 Å². The van der Waals surface area contributed by atoms with Crippen LogP contribution in [0.1, 0.15) is 0 Å². The van der Waals surface area contributed by atoms with Gasteiger partial charge in [0.25, 0.3) is 0 Å². The Morgan fingerprint density at radius 3 is 2.67 bits per heavy atom. The average molecular weight is 274 g/mol. The van der Waals surface area contributed by atoms with Gasteiger partial charge in [0.1, 0.15) is 0 Å². The molecule has 1 aromatic rings. The highest BCUT2D eigenvalue weighted by molar-refractivity contribution is 9.11. The predicted octanol–water partition coefficient (Wildman–Crippen LogP) is 2.53. The molecule has 1 aromatic heterocycles. The Kier molecular flexibility index (Phi) is 4.43. The number of hydrogen-bond acceptors (Lipinski definition) is 3. The van der Waals surface area contributed by atoms with Crippen molar-refractivity contribution in [1.29, 1.82) is 0 Å². The van der Waals surface area contributed by atoms with E-state index in [1.54, 1.807) is 17.5 Å². The smallest absolute Gasteiger partial charge is 0.183 e. The van der Waals surface area contributed by atoms with Crippen molar-refractivity contribution in [2.75, 3.05) is 12.4 Å². The highest BCUT2D eigenvalue weighted by atomic mass is 79.9. The molecule has 1 heterocycles. The van der Waals surface area contributed by atoms with E-state index >= 15 is 0 Å². The Labute approximate surface area is 76.6 Å². The Morgan fingerprint density at radius 2 is 2.44 bits per heavy atom. The summed E-state index contributed by atoms with van der Waals surface area (Å²) in [5, 5.41) is 3.87. The maximum Gasteiger partial charge on any atom is 0.183 e. The maximum atomic E-state index is 3.99. The van der Waals surface area contributed by atoms with Gasteiger partial charge in [0.05, 0.1) is 9.98 Å². The van der Waals surface area contributed by atoms with Gasteiger partial charge in [-0.1, -0.05) is 11.3 Å². The van der Waals surface area contributed by atoms with Crippen LogP contribution < -0.4 is 5.32 Å². The molecule has 1 rings (SSSR count). The third-order valence-corrected chi connectivity index (χ3v) is 2.19. The van der Waals surface area contributed by atoms with Crippen molar-refractivity contribution in [2.24, 2.45) is 0 Å². The summed E-state index contributed by atoms with van der Waals surface area (Å²) in [5.41, 5.74) is 0. The number of nitrogens with zero attached hydrogens (tertiary/aromatic N) is 1. The average Bonchev–Trinajstić information content (AvgIpc) is 2.14. The lowest BCUT2D eigenvalue weighted by atomic mass is 11.0. The van der Waals surface area contributed by atoms with Crippen LogP contribution in [0.4, 0.5) is 5.13 Å². The highest BCUT2D eigenvalue weighted by Crippen LogP contribution is 2.21. The van der Waals surface area contributed by atoms with Gasteiger partial charge in [-0.05, 0) is 15.9 Å². The molecule has 0 atom stereocenters. The maximum absolute atomic E-state index is 3.99. The zero-order valence-corrected chi connectivity index (χ0v) is 8.83. The molecule has 0 aliphatic carbocycles. The molecule has 5 heteroatoms. The molecule has 0 aliphatic heterocycles. The fourth-order valence-corrected chi connectivity index (χ4v) is 1.43. The van der Waals surface area contributed by atoms with Crippen LogP contribution >= 0.6 is 44.2 Å². The van der Waals surface area contributed by atoms with Gasteiger partial charge in [-0.15, -0.1) is 17.0 Å². The normalized spacial score (nSPS) is 8.22. The van der Waals surface area contributed by atoms with E-state index < -0.39 is 0 Å². The number of thiazole rings is 1. The Bertz CT molecular complexity index is 177. The van der Waals surface area contributed by atoms with Crippen LogP contribution in [0.2, 0.25) is 0 Å². The van der Waals surface area contributed by atoms with Crippen molar-refractivity contribution in [2.45, 2.75) is 0 Å². The van der Waals surface area contributed by atoms with Crippen molar-refractivity contribution in [3.8, 4) is 0 Å². The van der Waals surface area contributed by atoms with Crippen molar-refractivity contribution in [1.82, 2.24) is 4.98 Å². The second kappa shape index (κ2) is 4.24. The largest absolute Gasteiger partial charge is 0.365 e. The predicted molar refractivity (Wildman–Crippen MR) is 49.7 cm³/mol. The van der Waals surface area contributed by atoms with E-state index in [4.69, 9.17) is 0 Å². The van der Waals surface area contributed by atoms with Crippen LogP contribution in [0, 0.1) is 0 Å². The SMILES string of the molecule is Br.CNc1ncc(Br)s1. The van der Waals surface area contributed by atoms with Gasteiger partial charge in [-0.3, -0.25) is 0 Å². The van der Waals surface area contributed by atoms with Crippen LogP contribution in [0.25, 0.3) is 0 Å². The first-order valence-corrected chi connectivity index (χ1v) is 3.73. The van der Waals surface area contributed by atoms with Crippen LogP contribution in [-0.4, -0.2) is 12.0 Å². The summed E-state index contributed by atoms with van der Waals surface area (Å²) in [5.74, 6) is 0. The number of hydrogen-bond donors (Lipinski definition) is 1. The Morgan fingerprint density at radius 1 is 1.78 bits per heavy atom. The number of anilines is 1. The lowest BCUT2D eigenvalue weighted by Gasteiger charge is -1.84. The molecular formula is C4H6Br2N2S. The lowest BCUT2D eigenvalue weighted by molar-refractivity contribution is 1.36. The summed E-state index contributed by atoms with van der Waals surface area (Å²) in [6.07, 6.45) is 1.77. The van der Waals surface area contributed by atoms with Gasteiger partial charge in [0.2, 0.25) is 0 Å². The minimum absolute atomic E-state index is 0. The monoisotopic (exact) mass is 272 g/mol. The quantitative estimate of drug-likeness (QED) is 0.851. The van der Waals surface area contributed by atoms with E-state index in [-0.39, 0.29) is 17.0 Å². The van der Waals surface area contributed by atoms with E-state index in [1.807, 2.05) is 7.05 Å². The molecule has 0 bridgehead atoms. The number of aromatic nitrogens is 1. The summed E-state index contributed by atoms with van der Waals surface area (Å²) in [6.45, 7) is 0. The molecule has 0 aromatic carbocycles. The summed E-state index contributed by atoms with van der Waals surface area (Å²) in [7, 11) is 1.85. The minimum atomic E-state index is 0. The molecule has 0 spiro atoms. The van der Waals surface area contributed by atoms with E-state index in [1.165, 1.54) is 0 Å². The molecule has 0 unspecified atom stereocenters. The molecule has 0 saturated heterocycles. The van der Waals surface area contributed by atoms with E-state index in [0.717, 1.165) is 8.92 Å². The molecule has 0 amide bonds. The molecule has 0 aliphatic rings. The molecule has 1 N–H and O–H groups in total. The summed E-state index contributed by atoms with van der Waals surface area (Å²) in [6, 6.07) is 0. The first kappa shape index (κ1) is 9.39. The van der Waals surface area contributed by atoms with Gasteiger partial charge < -0.3 is 5.32 Å². The molecule has 2 nitrogen and oxygen atoms in total. The van der Waals surface area contributed by atoms with Gasteiger partial charge in [-0.2, -0.15) is 0 Å². The first-order chi connectivity index (χ1) is 3.83. The first-order valence-electron chi connectivity index (χ1n) is 2.12. The third kappa shape index (κ3) is 2.64. The number of nitrogens with one attached hydrogen (secondary N) is 1. The van der Waals surface area contributed by atoms with Crippen molar-refractivity contribution < 1.29 is 0 Å². The van der Waals surface area contributed by atoms with E-state index in [9.17, 15) is 0 Å². The van der Waals surface area contributed by atoms with Gasteiger partial charge >= 0.3 is 0 Å². The topological polar surface area (TPSA) is 24.9 Å². The second-order valence-electron chi connectivity index (χ2n) is 1.22. The molecule has 0 saturated carbocycles. The van der Waals surface area contributed by atoms with Crippen LogP contribution in [0.15, 0.2) is 9.98 Å². The number of rotatable bonds is 1. The molecule has 52 valence electrons. The summed E-state index contributed by atoms with van der Waals surface area (Å²) < 4.78 is 1.06. The Hall–Kier alpha value is 0.390. The van der Waals surface area contributed by atoms with Crippen LogP contribution in [-0.2, 0) is 0 Å². The standard InChI is InChI=1S/C4H5BrN2S.BrH/c1-6-4-7-2-3(5)8-4;/h2H,1H3,(H,6,7);1H. The summed E-state index contributed by atoms with van der Waals surface area (Å²) in [4.78, 5) is 3.99. The highest BCUT2D eigenvalue weighted by Gasteiger charge is 1.92. The molecule has 9 heavy (non-hydrogen) atoms. The zero-order valence-electron chi connectivity index (χ0n) is 4.72. The molecular weight excluding hydrogens is 268 g/mol.